The van der Waals surface area contributed by atoms with Crippen LogP contribution >= 0.6 is 0 Å². The van der Waals surface area contributed by atoms with E-state index in [1.807, 2.05) is 0 Å². The van der Waals surface area contributed by atoms with Crippen LogP contribution in [0.25, 0.3) is 0 Å². The molecule has 2 saturated heterocycles. The Balaban J connectivity index is 1.19. The molecule has 222 valence electrons. The largest absolute Gasteiger partial charge is 0.442 e. The van der Waals surface area contributed by atoms with Gasteiger partial charge >= 0.3 is 11.9 Å². The van der Waals surface area contributed by atoms with Gasteiger partial charge in [0.25, 0.3) is 0 Å². The minimum Gasteiger partial charge on any atom is -0.442 e. The van der Waals surface area contributed by atoms with Gasteiger partial charge in [-0.25, -0.2) is 19.4 Å². The summed E-state index contributed by atoms with van der Waals surface area (Å²) in [5, 5.41) is 0. The molecule has 2 aliphatic heterocycles. The topological polar surface area (TPSA) is 186 Å². The average molecular weight is 581 g/mol. The van der Waals surface area contributed by atoms with Crippen molar-refractivity contribution in [1.29, 1.82) is 0 Å². The van der Waals surface area contributed by atoms with Gasteiger partial charge in [0.1, 0.15) is 12.1 Å². The third-order valence-corrected chi connectivity index (χ3v) is 6.87. The molecule has 42 heavy (non-hydrogen) atoms. The van der Waals surface area contributed by atoms with Gasteiger partial charge < -0.3 is 20.9 Å². The van der Waals surface area contributed by atoms with Crippen molar-refractivity contribution in [3.63, 3.8) is 0 Å². The number of carbonyl (C=O) groups is 6. The summed E-state index contributed by atoms with van der Waals surface area (Å²) < 4.78 is 10.2. The summed E-state index contributed by atoms with van der Waals surface area (Å²) >= 11 is 0. The van der Waals surface area contributed by atoms with Crippen LogP contribution in [-0.4, -0.2) is 108 Å². The van der Waals surface area contributed by atoms with Gasteiger partial charge in [0.15, 0.2) is 13.5 Å². The first kappa shape index (κ1) is 30.5. The number of nitrogens with zero attached hydrogens (tertiary/aromatic N) is 4. The molecule has 2 heterocycles. The summed E-state index contributed by atoms with van der Waals surface area (Å²) in [6, 6.07) is 15.0. The molecule has 4 amide bonds. The molecule has 0 spiro atoms. The van der Waals surface area contributed by atoms with Gasteiger partial charge in [-0.1, -0.05) is 60.7 Å². The average Bonchev–Trinajstić information content (AvgIpc) is 2.99. The Kier molecular flexibility index (Phi) is 10.1. The van der Waals surface area contributed by atoms with E-state index < -0.39 is 61.1 Å². The third kappa shape index (κ3) is 7.61. The number of nitrogens with two attached hydrogens (primary N) is 2. The molecule has 14 heteroatoms. The monoisotopic (exact) mass is 580 g/mol. The number of rotatable bonds is 11. The first-order valence-electron chi connectivity index (χ1n) is 13.2. The molecule has 2 aliphatic rings. The van der Waals surface area contributed by atoms with Crippen LogP contribution in [0.1, 0.15) is 23.2 Å². The number of hydrogen-bond acceptors (Lipinski definition) is 12. The minimum atomic E-state index is -1.05. The third-order valence-electron chi connectivity index (χ3n) is 6.87. The highest BCUT2D eigenvalue weighted by molar-refractivity contribution is 6.00. The van der Waals surface area contributed by atoms with Gasteiger partial charge in [-0.3, -0.25) is 29.0 Å². The van der Waals surface area contributed by atoms with Crippen molar-refractivity contribution in [2.45, 2.75) is 12.1 Å². The summed E-state index contributed by atoms with van der Waals surface area (Å²) in [5.74, 6) is -3.77. The standard InChI is InChI=1S/C28H32N6O8/c29-25(19-7-3-1-4-8-19)27(39)41-17-33-21(35)13-31(14-22(33)36)11-12-32-15-23(37)34(24(38)16-32)18-42-28(40)26(30)20-9-5-2-6-10-20/h1-10,25-26H,11-18,29-30H2/t25-,26-/m1/s1. The molecular weight excluding hydrogens is 548 g/mol. The lowest BCUT2D eigenvalue weighted by Crippen LogP contribution is -2.58. The van der Waals surface area contributed by atoms with Crippen molar-refractivity contribution in [1.82, 2.24) is 19.6 Å². The molecular formula is C28H32N6O8. The number of hydrogen-bond donors (Lipinski definition) is 2. The van der Waals surface area contributed by atoms with Crippen LogP contribution in [-0.2, 0) is 38.2 Å². The van der Waals surface area contributed by atoms with Crippen molar-refractivity contribution < 1.29 is 38.2 Å². The van der Waals surface area contributed by atoms with Crippen LogP contribution in [0.3, 0.4) is 0 Å². The SMILES string of the molecule is N[C@@H](C(=O)OCN1C(=O)CN(CCN2CC(=O)N(COC(=O)[C@H](N)c3ccccc3)C(=O)C2)CC1=O)c1ccccc1. The molecule has 2 aromatic carbocycles. The van der Waals surface area contributed by atoms with E-state index in [0.717, 1.165) is 9.80 Å². The van der Waals surface area contributed by atoms with Crippen LogP contribution in [0.5, 0.6) is 0 Å². The molecule has 0 saturated carbocycles. The Morgan fingerprint density at radius 2 is 0.905 bits per heavy atom. The number of benzene rings is 2. The highest BCUT2D eigenvalue weighted by atomic mass is 16.6. The highest BCUT2D eigenvalue weighted by Gasteiger charge is 2.35. The molecule has 0 aliphatic carbocycles. The van der Waals surface area contributed by atoms with Gasteiger partial charge in [0.2, 0.25) is 23.6 Å². The van der Waals surface area contributed by atoms with Crippen molar-refractivity contribution in [2.24, 2.45) is 11.5 Å². The van der Waals surface area contributed by atoms with E-state index in [9.17, 15) is 28.8 Å². The summed E-state index contributed by atoms with van der Waals surface area (Å²) in [6.07, 6.45) is 0. The Morgan fingerprint density at radius 3 is 1.21 bits per heavy atom. The van der Waals surface area contributed by atoms with Crippen molar-refractivity contribution in [3.05, 3.63) is 71.8 Å². The summed E-state index contributed by atoms with van der Waals surface area (Å²) in [6.45, 7) is -1.10. The van der Waals surface area contributed by atoms with Gasteiger partial charge in [-0.15, -0.1) is 0 Å². The van der Waals surface area contributed by atoms with E-state index in [0.29, 0.717) is 11.1 Å². The summed E-state index contributed by atoms with van der Waals surface area (Å²) in [7, 11) is 0. The van der Waals surface area contributed by atoms with Crippen molar-refractivity contribution >= 4 is 35.6 Å². The Morgan fingerprint density at radius 1 is 0.595 bits per heavy atom. The summed E-state index contributed by atoms with van der Waals surface area (Å²) in [4.78, 5) is 79.8. The highest BCUT2D eigenvalue weighted by Crippen LogP contribution is 2.14. The Labute approximate surface area is 241 Å². The van der Waals surface area contributed by atoms with E-state index in [1.165, 1.54) is 0 Å². The fourth-order valence-electron chi connectivity index (χ4n) is 4.41. The van der Waals surface area contributed by atoms with E-state index in [1.54, 1.807) is 70.5 Å². The lowest BCUT2D eigenvalue weighted by Gasteiger charge is -2.35. The molecule has 0 bridgehead atoms. The number of amides is 4. The van der Waals surface area contributed by atoms with Gasteiger partial charge in [-0.05, 0) is 11.1 Å². The minimum absolute atomic E-state index is 0.118. The molecule has 2 fully saturated rings. The van der Waals surface area contributed by atoms with E-state index >= 15 is 0 Å². The van der Waals surface area contributed by atoms with E-state index in [4.69, 9.17) is 20.9 Å². The molecule has 4 rings (SSSR count). The zero-order chi connectivity index (χ0) is 30.2. The Hall–Kier alpha value is -4.50. The van der Waals surface area contributed by atoms with Gasteiger partial charge in [-0.2, -0.15) is 0 Å². The maximum atomic E-state index is 12.6. The number of carbonyl (C=O) groups excluding carboxylic acids is 6. The lowest BCUT2D eigenvalue weighted by molar-refractivity contribution is -0.167. The molecule has 0 unspecified atom stereocenters. The molecule has 0 radical (unpaired) electrons. The molecule has 2 aromatic rings. The maximum Gasteiger partial charge on any atom is 0.329 e. The normalized spacial score (nSPS) is 18.1. The number of ether oxygens (including phenoxy) is 2. The second-order valence-corrected chi connectivity index (χ2v) is 9.81. The second kappa shape index (κ2) is 13.9. The first-order valence-corrected chi connectivity index (χ1v) is 13.2. The quantitative estimate of drug-likeness (QED) is 0.237. The van der Waals surface area contributed by atoms with Gasteiger partial charge in [0, 0.05) is 13.1 Å². The number of imide groups is 2. The maximum absolute atomic E-state index is 12.6. The van der Waals surface area contributed by atoms with E-state index in [2.05, 4.69) is 0 Å². The Bertz CT molecular complexity index is 1190. The van der Waals surface area contributed by atoms with Gasteiger partial charge in [0.05, 0.1) is 26.2 Å². The fraction of sp³-hybridized carbons (Fsp3) is 0.357. The molecule has 4 N–H and O–H groups in total. The van der Waals surface area contributed by atoms with Crippen LogP contribution in [0, 0.1) is 0 Å². The van der Waals surface area contributed by atoms with Crippen molar-refractivity contribution in [2.75, 3.05) is 52.7 Å². The van der Waals surface area contributed by atoms with Crippen LogP contribution in [0.2, 0.25) is 0 Å². The summed E-state index contributed by atoms with van der Waals surface area (Å²) in [5.41, 5.74) is 12.9. The second-order valence-electron chi connectivity index (χ2n) is 9.81. The van der Waals surface area contributed by atoms with Crippen molar-refractivity contribution in [3.8, 4) is 0 Å². The zero-order valence-electron chi connectivity index (χ0n) is 22.8. The predicted molar refractivity (Wildman–Crippen MR) is 145 cm³/mol. The zero-order valence-corrected chi connectivity index (χ0v) is 22.8. The van der Waals surface area contributed by atoms with Crippen LogP contribution < -0.4 is 11.5 Å². The molecule has 0 aromatic heterocycles. The number of esters is 2. The van der Waals surface area contributed by atoms with Crippen LogP contribution in [0.15, 0.2) is 60.7 Å². The smallest absolute Gasteiger partial charge is 0.329 e. The number of piperazine rings is 2. The fourth-order valence-corrected chi connectivity index (χ4v) is 4.41. The lowest BCUT2D eigenvalue weighted by atomic mass is 10.1. The van der Waals surface area contributed by atoms with Crippen LogP contribution in [0.4, 0.5) is 0 Å². The first-order chi connectivity index (χ1) is 20.1. The van der Waals surface area contributed by atoms with E-state index in [-0.39, 0.29) is 39.3 Å². The predicted octanol–water partition coefficient (Wildman–Crippen LogP) is -1.27. The molecule has 14 nitrogen and oxygen atoms in total. The molecule has 2 atom stereocenters.